The maximum Gasteiger partial charge on any atom is 0.263 e. The quantitative estimate of drug-likeness (QED) is 0.882. The zero-order valence-electron chi connectivity index (χ0n) is 11.8. The van der Waals surface area contributed by atoms with Crippen molar-refractivity contribution in [2.24, 2.45) is 0 Å². The van der Waals surface area contributed by atoms with Gasteiger partial charge >= 0.3 is 0 Å². The first kappa shape index (κ1) is 15.2. The summed E-state index contributed by atoms with van der Waals surface area (Å²) >= 11 is 3.28. The molecule has 1 aliphatic heterocycles. The van der Waals surface area contributed by atoms with Gasteiger partial charge in [0.1, 0.15) is 18.1 Å². The van der Waals surface area contributed by atoms with Gasteiger partial charge in [0, 0.05) is 16.2 Å². The van der Waals surface area contributed by atoms with Gasteiger partial charge in [0.05, 0.1) is 0 Å². The number of hydrogen-bond acceptors (Lipinski definition) is 4. The third kappa shape index (κ3) is 3.05. The van der Waals surface area contributed by atoms with E-state index in [4.69, 9.17) is 9.47 Å². The van der Waals surface area contributed by atoms with Crippen molar-refractivity contribution in [3.63, 3.8) is 0 Å². The number of hydrogen-bond donors (Lipinski definition) is 1. The molecule has 0 unspecified atom stereocenters. The predicted molar refractivity (Wildman–Crippen MR) is 87.1 cm³/mol. The van der Waals surface area contributed by atoms with Crippen molar-refractivity contribution in [1.82, 2.24) is 0 Å². The van der Waals surface area contributed by atoms with E-state index in [-0.39, 0.29) is 4.90 Å². The molecule has 0 spiro atoms. The summed E-state index contributed by atoms with van der Waals surface area (Å²) in [7, 11) is -3.73. The standard InChI is InChI=1S/C15H14BrNO4S/c1-10-3-2-4-11(7-10)17-22(18,19)15-9-14-13(8-12(15)16)20-5-6-21-14/h2-4,7-9,17H,5-6H2,1H3. The van der Waals surface area contributed by atoms with Crippen molar-refractivity contribution in [3.05, 3.63) is 46.4 Å². The van der Waals surface area contributed by atoms with E-state index in [1.165, 1.54) is 6.07 Å². The highest BCUT2D eigenvalue weighted by Gasteiger charge is 2.23. The van der Waals surface area contributed by atoms with Gasteiger partial charge in [-0.05, 0) is 46.6 Å². The third-order valence-corrected chi connectivity index (χ3v) is 5.50. The minimum absolute atomic E-state index is 0.109. The van der Waals surface area contributed by atoms with Crippen molar-refractivity contribution in [2.45, 2.75) is 11.8 Å². The normalized spacial score (nSPS) is 13.7. The van der Waals surface area contributed by atoms with E-state index < -0.39 is 10.0 Å². The molecule has 0 amide bonds. The van der Waals surface area contributed by atoms with Crippen molar-refractivity contribution in [1.29, 1.82) is 0 Å². The van der Waals surface area contributed by atoms with Crippen LogP contribution in [0.4, 0.5) is 5.69 Å². The van der Waals surface area contributed by atoms with E-state index in [2.05, 4.69) is 20.7 Å². The summed E-state index contributed by atoms with van der Waals surface area (Å²) in [6.45, 7) is 2.75. The maximum atomic E-state index is 12.6. The first-order valence-corrected chi connectivity index (χ1v) is 8.92. The zero-order valence-corrected chi connectivity index (χ0v) is 14.2. The molecule has 2 aromatic carbocycles. The second-order valence-electron chi connectivity index (χ2n) is 4.90. The molecule has 116 valence electrons. The molecule has 7 heteroatoms. The lowest BCUT2D eigenvalue weighted by Crippen LogP contribution is -2.18. The number of benzene rings is 2. The van der Waals surface area contributed by atoms with Crippen LogP contribution in [0.3, 0.4) is 0 Å². The first-order chi connectivity index (χ1) is 10.5. The Balaban J connectivity index is 1.98. The van der Waals surface area contributed by atoms with Gasteiger partial charge in [-0.1, -0.05) is 12.1 Å². The Morgan fingerprint density at radius 2 is 1.77 bits per heavy atom. The summed E-state index contributed by atoms with van der Waals surface area (Å²) in [5.74, 6) is 0.965. The van der Waals surface area contributed by atoms with Gasteiger partial charge in [-0.25, -0.2) is 8.42 Å². The Bertz CT molecular complexity index is 820. The van der Waals surface area contributed by atoms with E-state index in [9.17, 15) is 8.42 Å². The van der Waals surface area contributed by atoms with Crippen LogP contribution in [0.15, 0.2) is 45.8 Å². The molecule has 0 atom stereocenters. The highest BCUT2D eigenvalue weighted by molar-refractivity contribution is 9.10. The number of ether oxygens (including phenoxy) is 2. The molecule has 0 saturated heterocycles. The van der Waals surface area contributed by atoms with Crippen molar-refractivity contribution in [2.75, 3.05) is 17.9 Å². The van der Waals surface area contributed by atoms with E-state index in [0.29, 0.717) is 34.9 Å². The summed E-state index contributed by atoms with van der Waals surface area (Å²) in [6, 6.07) is 10.2. The highest BCUT2D eigenvalue weighted by Crippen LogP contribution is 2.37. The van der Waals surface area contributed by atoms with Crippen LogP contribution in [-0.4, -0.2) is 21.6 Å². The van der Waals surface area contributed by atoms with E-state index >= 15 is 0 Å². The number of rotatable bonds is 3. The highest BCUT2D eigenvalue weighted by atomic mass is 79.9. The maximum absolute atomic E-state index is 12.6. The van der Waals surface area contributed by atoms with Gasteiger partial charge in [0.25, 0.3) is 10.0 Å². The number of aryl methyl sites for hydroxylation is 1. The SMILES string of the molecule is Cc1cccc(NS(=O)(=O)c2cc3c(cc2Br)OCCO3)c1. The summed E-state index contributed by atoms with van der Waals surface area (Å²) in [6.07, 6.45) is 0. The van der Waals surface area contributed by atoms with Gasteiger partial charge in [-0.2, -0.15) is 0 Å². The Morgan fingerprint density at radius 3 is 2.45 bits per heavy atom. The summed E-state index contributed by atoms with van der Waals surface area (Å²) < 4.78 is 39.0. The average molecular weight is 384 g/mol. The van der Waals surface area contributed by atoms with E-state index in [1.54, 1.807) is 24.3 Å². The third-order valence-electron chi connectivity index (χ3n) is 3.16. The lowest BCUT2D eigenvalue weighted by atomic mass is 10.2. The fourth-order valence-corrected chi connectivity index (χ4v) is 4.26. The molecular formula is C15H14BrNO4S. The summed E-state index contributed by atoms with van der Waals surface area (Å²) in [5, 5.41) is 0. The molecule has 5 nitrogen and oxygen atoms in total. The van der Waals surface area contributed by atoms with Crippen molar-refractivity contribution >= 4 is 31.6 Å². The molecule has 0 aromatic heterocycles. The molecule has 1 N–H and O–H groups in total. The molecule has 22 heavy (non-hydrogen) atoms. The minimum Gasteiger partial charge on any atom is -0.486 e. The van der Waals surface area contributed by atoms with Crippen LogP contribution < -0.4 is 14.2 Å². The number of halogens is 1. The second kappa shape index (κ2) is 5.81. The minimum atomic E-state index is -3.73. The van der Waals surface area contributed by atoms with E-state index in [1.807, 2.05) is 13.0 Å². The first-order valence-electron chi connectivity index (χ1n) is 6.64. The van der Waals surface area contributed by atoms with E-state index in [0.717, 1.165) is 5.56 Å². The summed E-state index contributed by atoms with van der Waals surface area (Å²) in [4.78, 5) is 0.109. The molecular weight excluding hydrogens is 370 g/mol. The van der Waals surface area contributed by atoms with Gasteiger partial charge in [-0.15, -0.1) is 0 Å². The fourth-order valence-electron chi connectivity index (χ4n) is 2.17. The molecule has 0 aliphatic carbocycles. The average Bonchev–Trinajstić information content (AvgIpc) is 2.46. The Kier molecular flexibility index (Phi) is 4.01. The topological polar surface area (TPSA) is 64.6 Å². The smallest absolute Gasteiger partial charge is 0.263 e. The van der Waals surface area contributed by atoms with Crippen LogP contribution in [0, 0.1) is 6.92 Å². The van der Waals surface area contributed by atoms with Crippen LogP contribution in [0.25, 0.3) is 0 Å². The van der Waals surface area contributed by atoms with Crippen LogP contribution in [0.2, 0.25) is 0 Å². The molecule has 1 aliphatic rings. The second-order valence-corrected chi connectivity index (χ2v) is 7.41. The Hall–Kier alpha value is -1.73. The van der Waals surface area contributed by atoms with Crippen molar-refractivity contribution in [3.8, 4) is 11.5 Å². The molecule has 3 rings (SSSR count). The number of fused-ring (bicyclic) bond motifs is 1. The molecule has 0 saturated carbocycles. The largest absolute Gasteiger partial charge is 0.486 e. The number of anilines is 1. The molecule has 0 radical (unpaired) electrons. The number of nitrogens with one attached hydrogen (secondary N) is 1. The molecule has 0 bridgehead atoms. The monoisotopic (exact) mass is 383 g/mol. The van der Waals surface area contributed by atoms with Crippen LogP contribution in [0.5, 0.6) is 11.5 Å². The number of sulfonamides is 1. The van der Waals surface area contributed by atoms with Gasteiger partial charge < -0.3 is 9.47 Å². The van der Waals surface area contributed by atoms with Gasteiger partial charge in [-0.3, -0.25) is 4.72 Å². The van der Waals surface area contributed by atoms with Crippen LogP contribution in [0.1, 0.15) is 5.56 Å². The molecule has 2 aromatic rings. The molecule has 0 fully saturated rings. The van der Waals surface area contributed by atoms with Gasteiger partial charge in [0.2, 0.25) is 0 Å². The van der Waals surface area contributed by atoms with Crippen LogP contribution in [-0.2, 0) is 10.0 Å². The zero-order chi connectivity index (χ0) is 15.7. The van der Waals surface area contributed by atoms with Crippen molar-refractivity contribution < 1.29 is 17.9 Å². The lowest BCUT2D eigenvalue weighted by molar-refractivity contribution is 0.171. The summed E-state index contributed by atoms with van der Waals surface area (Å²) in [5.41, 5.74) is 1.49. The lowest BCUT2D eigenvalue weighted by Gasteiger charge is -2.20. The Morgan fingerprint density at radius 1 is 1.09 bits per heavy atom. The molecule has 1 heterocycles. The Labute approximate surface area is 137 Å². The predicted octanol–water partition coefficient (Wildman–Crippen LogP) is 3.33. The van der Waals surface area contributed by atoms with Crippen LogP contribution >= 0.6 is 15.9 Å². The van der Waals surface area contributed by atoms with Gasteiger partial charge in [0.15, 0.2) is 11.5 Å². The fraction of sp³-hybridized carbons (Fsp3) is 0.200.